The Labute approximate surface area is 117 Å². The normalized spacial score (nSPS) is 12.1. The first-order chi connectivity index (χ1) is 9.52. The highest BCUT2D eigenvalue weighted by Gasteiger charge is 2.21. The monoisotopic (exact) mass is 268 g/mol. The zero-order chi connectivity index (χ0) is 14.7. The number of benzene rings is 1. The van der Waals surface area contributed by atoms with Gasteiger partial charge in [0, 0.05) is 5.39 Å². The molecule has 1 aromatic carbocycles. The van der Waals surface area contributed by atoms with E-state index in [1.165, 1.54) is 0 Å². The first-order valence-electron chi connectivity index (χ1n) is 6.38. The molecule has 102 valence electrons. The number of anilines is 1. The van der Waals surface area contributed by atoms with E-state index in [1.54, 1.807) is 6.07 Å². The lowest BCUT2D eigenvalue weighted by atomic mass is 10.0. The molecule has 3 N–H and O–H groups in total. The molecule has 0 fully saturated rings. The number of nitriles is 1. The highest BCUT2D eigenvalue weighted by Crippen LogP contribution is 2.21. The summed E-state index contributed by atoms with van der Waals surface area (Å²) in [7, 11) is 0. The number of para-hydroxylation sites is 1. The number of rotatable bonds is 4. The molecule has 1 heterocycles. The van der Waals surface area contributed by atoms with Gasteiger partial charge in [-0.1, -0.05) is 32.0 Å². The number of fused-ring (bicyclic) bond motifs is 1. The summed E-state index contributed by atoms with van der Waals surface area (Å²) in [4.78, 5) is 15.9. The summed E-state index contributed by atoms with van der Waals surface area (Å²) in [6, 6.07) is 10.8. The Morgan fingerprint density at radius 1 is 1.40 bits per heavy atom. The van der Waals surface area contributed by atoms with Gasteiger partial charge in [-0.15, -0.1) is 0 Å². The number of nitrogens with two attached hydrogens (primary N) is 1. The Balaban J connectivity index is 2.47. The van der Waals surface area contributed by atoms with Crippen molar-refractivity contribution in [2.45, 2.75) is 19.9 Å². The van der Waals surface area contributed by atoms with Crippen molar-refractivity contribution in [1.82, 2.24) is 4.98 Å². The van der Waals surface area contributed by atoms with E-state index in [1.807, 2.05) is 38.1 Å². The predicted molar refractivity (Wildman–Crippen MR) is 77.9 cm³/mol. The van der Waals surface area contributed by atoms with Crippen molar-refractivity contribution < 1.29 is 4.79 Å². The minimum Gasteiger partial charge on any atom is -0.368 e. The lowest BCUT2D eigenvalue weighted by Gasteiger charge is -2.20. The first-order valence-corrected chi connectivity index (χ1v) is 6.38. The van der Waals surface area contributed by atoms with E-state index in [0.717, 1.165) is 10.9 Å². The van der Waals surface area contributed by atoms with Crippen molar-refractivity contribution in [2.75, 3.05) is 5.32 Å². The molecule has 0 aliphatic carbocycles. The van der Waals surface area contributed by atoms with Crippen LogP contribution in [0.15, 0.2) is 30.3 Å². The largest absolute Gasteiger partial charge is 0.368 e. The maximum absolute atomic E-state index is 11.5. The fraction of sp³-hybridized carbons (Fsp3) is 0.267. The lowest BCUT2D eigenvalue weighted by molar-refractivity contribution is -0.119. The molecule has 0 saturated carbocycles. The van der Waals surface area contributed by atoms with Crippen molar-refractivity contribution in [3.63, 3.8) is 0 Å². The molecule has 0 aliphatic heterocycles. The molecule has 1 atom stereocenters. The topological polar surface area (TPSA) is 91.8 Å². The van der Waals surface area contributed by atoms with Gasteiger partial charge >= 0.3 is 0 Å². The molecule has 0 spiro atoms. The third kappa shape index (κ3) is 2.69. The first kappa shape index (κ1) is 13.8. The molecular formula is C15H16N4O. The third-order valence-electron chi connectivity index (χ3n) is 3.11. The quantitative estimate of drug-likeness (QED) is 0.887. The molecule has 0 saturated heterocycles. The average molecular weight is 268 g/mol. The maximum atomic E-state index is 11.5. The van der Waals surface area contributed by atoms with Gasteiger partial charge in [0.2, 0.25) is 5.91 Å². The fourth-order valence-electron chi connectivity index (χ4n) is 2.02. The third-order valence-corrected chi connectivity index (χ3v) is 3.11. The molecule has 2 rings (SSSR count). The number of amides is 1. The number of nitrogens with zero attached hydrogens (tertiary/aromatic N) is 2. The molecule has 0 aliphatic rings. The molecular weight excluding hydrogens is 252 g/mol. The molecule has 5 nitrogen and oxygen atoms in total. The van der Waals surface area contributed by atoms with Crippen molar-refractivity contribution in [3.05, 3.63) is 35.9 Å². The minimum atomic E-state index is -0.559. The van der Waals surface area contributed by atoms with Gasteiger partial charge in [0.25, 0.3) is 0 Å². The summed E-state index contributed by atoms with van der Waals surface area (Å²) in [6.07, 6.45) is 0. The van der Waals surface area contributed by atoms with E-state index < -0.39 is 11.9 Å². The van der Waals surface area contributed by atoms with E-state index in [0.29, 0.717) is 11.4 Å². The smallest absolute Gasteiger partial charge is 0.240 e. The van der Waals surface area contributed by atoms with Crippen LogP contribution in [0.5, 0.6) is 0 Å². The summed E-state index contributed by atoms with van der Waals surface area (Å²) >= 11 is 0. The Hall–Kier alpha value is -2.61. The standard InChI is InChI=1S/C15H16N4O/c1-9(2)13(14(17)20)19-15-11(8-16)7-10-5-3-4-6-12(10)18-15/h3-7,9,13H,1-2H3,(H2,17,20)(H,18,19). The van der Waals surface area contributed by atoms with Crippen LogP contribution in [0.2, 0.25) is 0 Å². The van der Waals surface area contributed by atoms with Crippen LogP contribution < -0.4 is 11.1 Å². The van der Waals surface area contributed by atoms with Crippen LogP contribution in [0.1, 0.15) is 19.4 Å². The number of nitrogens with one attached hydrogen (secondary N) is 1. The van der Waals surface area contributed by atoms with E-state index in [4.69, 9.17) is 5.73 Å². The SMILES string of the molecule is CC(C)C(Nc1nc2ccccc2cc1C#N)C(N)=O. The highest BCUT2D eigenvalue weighted by atomic mass is 16.1. The molecule has 1 aromatic heterocycles. The summed E-state index contributed by atoms with van der Waals surface area (Å²) in [6.45, 7) is 3.77. The van der Waals surface area contributed by atoms with Crippen LogP contribution >= 0.6 is 0 Å². The number of aromatic nitrogens is 1. The lowest BCUT2D eigenvalue weighted by Crippen LogP contribution is -2.40. The van der Waals surface area contributed by atoms with Gasteiger partial charge in [0.15, 0.2) is 0 Å². The van der Waals surface area contributed by atoms with E-state index in [-0.39, 0.29) is 5.92 Å². The Bertz CT molecular complexity index is 688. The summed E-state index contributed by atoms with van der Waals surface area (Å²) in [5, 5.41) is 13.1. The van der Waals surface area contributed by atoms with Crippen LogP contribution in [0, 0.1) is 17.2 Å². The predicted octanol–water partition coefficient (Wildman–Crippen LogP) is 2.03. The number of hydrogen-bond acceptors (Lipinski definition) is 4. The van der Waals surface area contributed by atoms with Crippen molar-refractivity contribution in [3.8, 4) is 6.07 Å². The Morgan fingerprint density at radius 3 is 2.70 bits per heavy atom. The van der Waals surface area contributed by atoms with Crippen LogP contribution in [0.3, 0.4) is 0 Å². The van der Waals surface area contributed by atoms with Crippen LogP contribution in [-0.4, -0.2) is 16.9 Å². The molecule has 1 amide bonds. The Morgan fingerprint density at radius 2 is 2.10 bits per heavy atom. The van der Waals surface area contributed by atoms with Gasteiger partial charge < -0.3 is 11.1 Å². The average Bonchev–Trinajstić information content (AvgIpc) is 2.42. The number of carbonyl (C=O) groups excluding carboxylic acids is 1. The molecule has 2 aromatic rings. The maximum Gasteiger partial charge on any atom is 0.240 e. The number of primary amides is 1. The summed E-state index contributed by atoms with van der Waals surface area (Å²) in [5.74, 6) is -0.0603. The van der Waals surface area contributed by atoms with Crippen LogP contribution in [-0.2, 0) is 4.79 Å². The minimum absolute atomic E-state index is 0.00677. The second-order valence-corrected chi connectivity index (χ2v) is 4.96. The molecule has 1 unspecified atom stereocenters. The van der Waals surface area contributed by atoms with Gasteiger partial charge in [0.1, 0.15) is 17.9 Å². The molecule has 20 heavy (non-hydrogen) atoms. The van der Waals surface area contributed by atoms with Gasteiger partial charge in [-0.2, -0.15) is 5.26 Å². The van der Waals surface area contributed by atoms with E-state index in [2.05, 4.69) is 16.4 Å². The van der Waals surface area contributed by atoms with Crippen molar-refractivity contribution >= 4 is 22.6 Å². The highest BCUT2D eigenvalue weighted by molar-refractivity contribution is 5.86. The number of pyridine rings is 1. The summed E-state index contributed by atoms with van der Waals surface area (Å²) in [5.41, 5.74) is 6.54. The van der Waals surface area contributed by atoms with Crippen molar-refractivity contribution in [1.29, 1.82) is 5.26 Å². The summed E-state index contributed by atoms with van der Waals surface area (Å²) < 4.78 is 0. The fourth-order valence-corrected chi connectivity index (χ4v) is 2.02. The number of hydrogen-bond donors (Lipinski definition) is 2. The van der Waals surface area contributed by atoms with Gasteiger partial charge in [-0.25, -0.2) is 4.98 Å². The van der Waals surface area contributed by atoms with Crippen LogP contribution in [0.25, 0.3) is 10.9 Å². The second-order valence-electron chi connectivity index (χ2n) is 4.96. The Kier molecular flexibility index (Phi) is 3.85. The zero-order valence-corrected chi connectivity index (χ0v) is 11.4. The van der Waals surface area contributed by atoms with E-state index in [9.17, 15) is 10.1 Å². The van der Waals surface area contributed by atoms with E-state index >= 15 is 0 Å². The molecule has 0 bridgehead atoms. The van der Waals surface area contributed by atoms with Gasteiger partial charge in [0.05, 0.1) is 11.1 Å². The van der Waals surface area contributed by atoms with Gasteiger partial charge in [-0.05, 0) is 18.1 Å². The number of carbonyl (C=O) groups is 1. The van der Waals surface area contributed by atoms with Gasteiger partial charge in [-0.3, -0.25) is 4.79 Å². The second kappa shape index (κ2) is 5.57. The van der Waals surface area contributed by atoms with Crippen molar-refractivity contribution in [2.24, 2.45) is 11.7 Å². The van der Waals surface area contributed by atoms with Crippen LogP contribution in [0.4, 0.5) is 5.82 Å². The molecule has 0 radical (unpaired) electrons. The molecule has 5 heteroatoms. The zero-order valence-electron chi connectivity index (χ0n) is 11.4.